The summed E-state index contributed by atoms with van der Waals surface area (Å²) in [5, 5.41) is 0. The quantitative estimate of drug-likeness (QED) is 0.507. The van der Waals surface area contributed by atoms with Crippen molar-refractivity contribution in [2.45, 2.75) is 6.42 Å². The highest BCUT2D eigenvalue weighted by Gasteiger charge is 2.20. The number of aromatic nitrogens is 2. The maximum atomic E-state index is 13.6. The van der Waals surface area contributed by atoms with Gasteiger partial charge in [0.2, 0.25) is 5.95 Å². The highest BCUT2D eigenvalue weighted by molar-refractivity contribution is 5.78. The first-order valence-corrected chi connectivity index (χ1v) is 8.25. The van der Waals surface area contributed by atoms with Crippen LogP contribution in [0.5, 0.6) is 0 Å². The Labute approximate surface area is 149 Å². The first kappa shape index (κ1) is 18.0. The van der Waals surface area contributed by atoms with Gasteiger partial charge < -0.3 is 15.5 Å². The molecule has 1 aliphatic rings. The fraction of sp³-hybridized carbons (Fsp3) is 0.353. The number of benzene rings is 1. The first-order valence-electron chi connectivity index (χ1n) is 8.25. The minimum absolute atomic E-state index is 0.0755. The fourth-order valence-electron chi connectivity index (χ4n) is 2.74. The Kier molecular flexibility index (Phi) is 5.55. The van der Waals surface area contributed by atoms with Crippen molar-refractivity contribution < 1.29 is 13.2 Å². The molecule has 3 rings (SSSR count). The van der Waals surface area contributed by atoms with Gasteiger partial charge in [-0.25, -0.2) is 23.1 Å². The molecular weight excluding hydrogens is 345 g/mol. The van der Waals surface area contributed by atoms with E-state index in [9.17, 15) is 13.2 Å². The van der Waals surface area contributed by atoms with Crippen LogP contribution in [-0.4, -0.2) is 53.6 Å². The van der Waals surface area contributed by atoms with Crippen LogP contribution in [0.4, 0.5) is 19.1 Å². The van der Waals surface area contributed by atoms with Gasteiger partial charge in [0, 0.05) is 45.1 Å². The lowest BCUT2D eigenvalue weighted by Crippen LogP contribution is -2.51. The summed E-state index contributed by atoms with van der Waals surface area (Å²) in [5.74, 6) is -2.80. The summed E-state index contributed by atoms with van der Waals surface area (Å²) in [5.41, 5.74) is 6.06. The van der Waals surface area contributed by atoms with Crippen molar-refractivity contribution >= 4 is 11.9 Å². The average molecular weight is 364 g/mol. The highest BCUT2D eigenvalue weighted by atomic mass is 19.2. The molecular formula is C17H19F3N6. The van der Waals surface area contributed by atoms with Crippen molar-refractivity contribution in [3.63, 3.8) is 0 Å². The minimum atomic E-state index is -1.46. The lowest BCUT2D eigenvalue weighted by molar-refractivity contribution is 0.378. The van der Waals surface area contributed by atoms with E-state index < -0.39 is 17.5 Å². The van der Waals surface area contributed by atoms with Crippen LogP contribution in [0, 0.1) is 17.5 Å². The SMILES string of the molecule is NC(=NCCc1ccc(F)c(F)c1F)N1CCN(c2ncccn2)CC1. The second-order valence-electron chi connectivity index (χ2n) is 5.85. The van der Waals surface area contributed by atoms with E-state index in [1.54, 1.807) is 18.5 Å². The van der Waals surface area contributed by atoms with E-state index in [0.717, 1.165) is 6.07 Å². The Morgan fingerprint density at radius 2 is 1.73 bits per heavy atom. The topological polar surface area (TPSA) is 70.6 Å². The average Bonchev–Trinajstić information content (AvgIpc) is 2.68. The molecule has 1 aromatic heterocycles. The van der Waals surface area contributed by atoms with Crippen molar-refractivity contribution in [2.75, 3.05) is 37.6 Å². The molecule has 0 saturated carbocycles. The van der Waals surface area contributed by atoms with Crippen molar-refractivity contribution in [3.8, 4) is 0 Å². The Morgan fingerprint density at radius 3 is 2.42 bits per heavy atom. The van der Waals surface area contributed by atoms with Gasteiger partial charge in [0.1, 0.15) is 0 Å². The molecule has 0 spiro atoms. The molecule has 138 valence electrons. The molecule has 0 radical (unpaired) electrons. The van der Waals surface area contributed by atoms with Gasteiger partial charge in [0.15, 0.2) is 23.4 Å². The van der Waals surface area contributed by atoms with Crippen molar-refractivity contribution in [1.82, 2.24) is 14.9 Å². The van der Waals surface area contributed by atoms with E-state index in [1.165, 1.54) is 6.07 Å². The third kappa shape index (κ3) is 4.04. The van der Waals surface area contributed by atoms with Gasteiger partial charge in [-0.1, -0.05) is 6.07 Å². The summed E-state index contributed by atoms with van der Waals surface area (Å²) >= 11 is 0. The maximum absolute atomic E-state index is 13.6. The zero-order valence-corrected chi connectivity index (χ0v) is 14.1. The molecule has 0 aliphatic carbocycles. The van der Waals surface area contributed by atoms with Crippen LogP contribution in [0.2, 0.25) is 0 Å². The molecule has 1 aromatic carbocycles. The molecule has 0 unspecified atom stereocenters. The second-order valence-corrected chi connectivity index (χ2v) is 5.85. The van der Waals surface area contributed by atoms with Crippen molar-refractivity contribution in [3.05, 3.63) is 53.6 Å². The molecule has 26 heavy (non-hydrogen) atoms. The lowest BCUT2D eigenvalue weighted by atomic mass is 10.1. The van der Waals surface area contributed by atoms with Crippen LogP contribution >= 0.6 is 0 Å². The summed E-state index contributed by atoms with van der Waals surface area (Å²) in [6.45, 7) is 2.92. The zero-order valence-electron chi connectivity index (χ0n) is 14.1. The van der Waals surface area contributed by atoms with Crippen molar-refractivity contribution in [1.29, 1.82) is 0 Å². The number of rotatable bonds is 4. The number of guanidine groups is 1. The molecule has 1 fully saturated rings. The van der Waals surface area contributed by atoms with E-state index in [4.69, 9.17) is 5.73 Å². The second kappa shape index (κ2) is 8.03. The van der Waals surface area contributed by atoms with Crippen LogP contribution in [-0.2, 0) is 6.42 Å². The van der Waals surface area contributed by atoms with Gasteiger partial charge >= 0.3 is 0 Å². The first-order chi connectivity index (χ1) is 12.6. The van der Waals surface area contributed by atoms with Gasteiger partial charge in [-0.15, -0.1) is 0 Å². The van der Waals surface area contributed by atoms with Gasteiger partial charge in [-0.3, -0.25) is 4.99 Å². The molecule has 0 atom stereocenters. The Hall–Kier alpha value is -2.84. The number of aliphatic imine (C=N–C) groups is 1. The number of halogens is 3. The Morgan fingerprint density at radius 1 is 1.04 bits per heavy atom. The normalized spacial score (nSPS) is 15.4. The van der Waals surface area contributed by atoms with E-state index in [1.807, 2.05) is 4.90 Å². The monoisotopic (exact) mass is 364 g/mol. The van der Waals surface area contributed by atoms with E-state index >= 15 is 0 Å². The zero-order chi connectivity index (χ0) is 18.5. The van der Waals surface area contributed by atoms with Crippen LogP contribution < -0.4 is 10.6 Å². The summed E-state index contributed by atoms with van der Waals surface area (Å²) in [7, 11) is 0. The Bertz CT molecular complexity index is 776. The number of hydrogen-bond donors (Lipinski definition) is 1. The van der Waals surface area contributed by atoms with Gasteiger partial charge in [-0.2, -0.15) is 0 Å². The van der Waals surface area contributed by atoms with Crippen LogP contribution in [0.1, 0.15) is 5.56 Å². The van der Waals surface area contributed by atoms with Gasteiger partial charge in [-0.05, 0) is 24.1 Å². The molecule has 2 aromatic rings. The predicted octanol–water partition coefficient (Wildman–Crippen LogP) is 1.57. The number of nitrogens with zero attached hydrogens (tertiary/aromatic N) is 5. The molecule has 2 heterocycles. The third-order valence-electron chi connectivity index (χ3n) is 4.21. The van der Waals surface area contributed by atoms with E-state index in [0.29, 0.717) is 38.1 Å². The number of hydrogen-bond acceptors (Lipinski definition) is 4. The smallest absolute Gasteiger partial charge is 0.225 e. The molecule has 0 amide bonds. The molecule has 1 aliphatic heterocycles. The van der Waals surface area contributed by atoms with Crippen LogP contribution in [0.15, 0.2) is 35.6 Å². The highest BCUT2D eigenvalue weighted by Crippen LogP contribution is 2.15. The fourth-order valence-corrected chi connectivity index (χ4v) is 2.74. The molecule has 6 nitrogen and oxygen atoms in total. The van der Waals surface area contributed by atoms with Gasteiger partial charge in [0.25, 0.3) is 0 Å². The largest absolute Gasteiger partial charge is 0.370 e. The Balaban J connectivity index is 1.52. The maximum Gasteiger partial charge on any atom is 0.225 e. The molecule has 2 N–H and O–H groups in total. The van der Waals surface area contributed by atoms with Gasteiger partial charge in [0.05, 0.1) is 0 Å². The molecule has 9 heteroatoms. The number of nitrogens with two attached hydrogens (primary N) is 1. The summed E-state index contributed by atoms with van der Waals surface area (Å²) in [6.07, 6.45) is 3.53. The van der Waals surface area contributed by atoms with Crippen LogP contribution in [0.3, 0.4) is 0 Å². The minimum Gasteiger partial charge on any atom is -0.370 e. The molecule has 1 saturated heterocycles. The summed E-state index contributed by atoms with van der Waals surface area (Å²) in [4.78, 5) is 16.6. The lowest BCUT2D eigenvalue weighted by Gasteiger charge is -2.35. The summed E-state index contributed by atoms with van der Waals surface area (Å²) < 4.78 is 39.8. The number of piperazine rings is 1. The van der Waals surface area contributed by atoms with E-state index in [-0.39, 0.29) is 18.5 Å². The molecule has 0 bridgehead atoms. The van der Waals surface area contributed by atoms with Crippen LogP contribution in [0.25, 0.3) is 0 Å². The number of anilines is 1. The van der Waals surface area contributed by atoms with Crippen molar-refractivity contribution in [2.24, 2.45) is 10.7 Å². The third-order valence-corrected chi connectivity index (χ3v) is 4.21. The predicted molar refractivity (Wildman–Crippen MR) is 92.3 cm³/mol. The summed E-state index contributed by atoms with van der Waals surface area (Å²) in [6, 6.07) is 3.89. The standard InChI is InChI=1S/C17H19F3N6/c18-13-3-2-12(14(19)15(13)20)4-7-22-16(21)25-8-10-26(11-9-25)17-23-5-1-6-24-17/h1-3,5-6H,4,7-11H2,(H2,21,22). The van der Waals surface area contributed by atoms with E-state index in [2.05, 4.69) is 19.9 Å².